The Morgan fingerprint density at radius 2 is 1.93 bits per heavy atom. The van der Waals surface area contributed by atoms with Crippen molar-refractivity contribution in [2.75, 3.05) is 11.9 Å². The maximum atomic E-state index is 13.7. The first-order valence-electron chi connectivity index (χ1n) is 10.4. The van der Waals surface area contributed by atoms with Crippen molar-refractivity contribution in [3.05, 3.63) is 59.8 Å². The summed E-state index contributed by atoms with van der Waals surface area (Å²) in [5.41, 5.74) is 2.95. The molecule has 0 radical (unpaired) electrons. The first-order valence-corrected chi connectivity index (χ1v) is 10.4. The Morgan fingerprint density at radius 1 is 1.10 bits per heavy atom. The van der Waals surface area contributed by atoms with E-state index in [-0.39, 0.29) is 18.0 Å². The van der Waals surface area contributed by atoms with Gasteiger partial charge in [0.2, 0.25) is 0 Å². The van der Waals surface area contributed by atoms with Crippen molar-refractivity contribution in [3.8, 4) is 5.69 Å². The summed E-state index contributed by atoms with van der Waals surface area (Å²) >= 11 is 0. The van der Waals surface area contributed by atoms with E-state index in [0.717, 1.165) is 42.9 Å². The van der Waals surface area contributed by atoms with Crippen molar-refractivity contribution in [2.45, 2.75) is 45.2 Å². The molecule has 1 saturated carbocycles. The zero-order valence-electron chi connectivity index (χ0n) is 17.2. The number of carbonyl (C=O) groups is 1. The monoisotopic (exact) mass is 403 g/mol. The molecule has 1 aliphatic carbocycles. The summed E-state index contributed by atoms with van der Waals surface area (Å²) in [6.07, 6.45) is 8.27. The lowest BCUT2D eigenvalue weighted by Crippen LogP contribution is -2.60. The SMILES string of the molecule is Cc1ccc(NC2CC3CCC2N(C(=O)c2nc(C)ccc2-n2nccn2)C3)nc1. The van der Waals surface area contributed by atoms with E-state index in [4.69, 9.17) is 0 Å². The molecule has 3 aromatic rings. The van der Waals surface area contributed by atoms with Gasteiger partial charge < -0.3 is 10.2 Å². The lowest BCUT2D eigenvalue weighted by atomic mass is 9.76. The zero-order chi connectivity index (χ0) is 20.7. The van der Waals surface area contributed by atoms with Crippen LogP contribution >= 0.6 is 0 Å². The van der Waals surface area contributed by atoms with Crippen LogP contribution in [0.25, 0.3) is 5.69 Å². The Morgan fingerprint density at radius 3 is 2.67 bits per heavy atom. The van der Waals surface area contributed by atoms with E-state index in [1.165, 1.54) is 4.80 Å². The molecule has 6 rings (SSSR count). The van der Waals surface area contributed by atoms with Crippen molar-refractivity contribution in [1.82, 2.24) is 29.9 Å². The van der Waals surface area contributed by atoms with Crippen LogP contribution in [-0.4, -0.2) is 54.4 Å². The van der Waals surface area contributed by atoms with E-state index in [1.54, 1.807) is 12.4 Å². The molecule has 3 atom stereocenters. The molecular formula is C22H25N7O. The summed E-state index contributed by atoms with van der Waals surface area (Å²) < 4.78 is 0. The number of carbonyl (C=O) groups excluding carboxylic acids is 1. The third-order valence-corrected chi connectivity index (χ3v) is 6.13. The molecular weight excluding hydrogens is 378 g/mol. The van der Waals surface area contributed by atoms with Gasteiger partial charge in [-0.05, 0) is 62.8 Å². The Hall–Kier alpha value is -3.29. The van der Waals surface area contributed by atoms with Crippen molar-refractivity contribution < 1.29 is 4.79 Å². The van der Waals surface area contributed by atoms with E-state index in [9.17, 15) is 4.79 Å². The van der Waals surface area contributed by atoms with Crippen LogP contribution in [0.1, 0.15) is 41.0 Å². The normalized spacial score (nSPS) is 22.9. The number of anilines is 1. The second kappa shape index (κ2) is 7.51. The van der Waals surface area contributed by atoms with Crippen LogP contribution in [0.4, 0.5) is 5.82 Å². The highest BCUT2D eigenvalue weighted by atomic mass is 16.2. The van der Waals surface area contributed by atoms with Gasteiger partial charge in [0.25, 0.3) is 5.91 Å². The van der Waals surface area contributed by atoms with Crippen LogP contribution < -0.4 is 5.32 Å². The van der Waals surface area contributed by atoms with E-state index >= 15 is 0 Å². The number of nitrogens with one attached hydrogen (secondary N) is 1. The largest absolute Gasteiger partial charge is 0.365 e. The molecule has 0 spiro atoms. The van der Waals surface area contributed by atoms with E-state index in [1.807, 2.05) is 43.1 Å². The van der Waals surface area contributed by atoms with Crippen molar-refractivity contribution in [3.63, 3.8) is 0 Å². The second-order valence-corrected chi connectivity index (χ2v) is 8.31. The fourth-order valence-electron chi connectivity index (χ4n) is 4.67. The summed E-state index contributed by atoms with van der Waals surface area (Å²) in [4.78, 5) is 26.2. The van der Waals surface area contributed by atoms with Crippen molar-refractivity contribution >= 4 is 11.7 Å². The standard InChI is InChI=1S/C22H25N7O/c1-14-3-8-20(23-12-14)27-17-11-16-5-7-18(17)28(13-16)22(30)21-19(6-4-15(2)26-21)29-24-9-10-25-29/h3-4,6,8-10,12,16-18H,5,7,11,13H2,1-2H3,(H,23,27). The fourth-order valence-corrected chi connectivity index (χ4v) is 4.67. The average Bonchev–Trinajstić information content (AvgIpc) is 3.30. The highest BCUT2D eigenvalue weighted by Crippen LogP contribution is 2.37. The summed E-state index contributed by atoms with van der Waals surface area (Å²) in [6.45, 7) is 4.69. The molecule has 0 aromatic carbocycles. The van der Waals surface area contributed by atoms with Gasteiger partial charge in [-0.15, -0.1) is 4.80 Å². The highest BCUT2D eigenvalue weighted by Gasteiger charge is 2.44. The van der Waals surface area contributed by atoms with Gasteiger partial charge in [0, 0.05) is 24.5 Å². The minimum absolute atomic E-state index is 0.0518. The van der Waals surface area contributed by atoms with Crippen molar-refractivity contribution in [1.29, 1.82) is 0 Å². The molecule has 8 heteroatoms. The number of amides is 1. The smallest absolute Gasteiger partial charge is 0.275 e. The Labute approximate surface area is 175 Å². The molecule has 3 aromatic heterocycles. The van der Waals surface area contributed by atoms with Gasteiger partial charge in [-0.2, -0.15) is 10.2 Å². The molecule has 3 aliphatic rings. The number of aromatic nitrogens is 5. The lowest BCUT2D eigenvalue weighted by molar-refractivity contribution is 0.0276. The summed E-state index contributed by atoms with van der Waals surface area (Å²) in [6, 6.07) is 8.11. The van der Waals surface area contributed by atoms with E-state index in [0.29, 0.717) is 17.3 Å². The van der Waals surface area contributed by atoms with Gasteiger partial charge in [-0.1, -0.05) is 6.07 Å². The average molecular weight is 403 g/mol. The van der Waals surface area contributed by atoms with Crippen LogP contribution in [0, 0.1) is 19.8 Å². The number of nitrogens with zero attached hydrogens (tertiary/aromatic N) is 6. The lowest BCUT2D eigenvalue weighted by Gasteiger charge is -2.50. The number of hydrogen-bond acceptors (Lipinski definition) is 6. The Kier molecular flexibility index (Phi) is 4.69. The maximum Gasteiger partial charge on any atom is 0.275 e. The topological polar surface area (TPSA) is 88.8 Å². The molecule has 3 fully saturated rings. The molecule has 2 saturated heterocycles. The number of aryl methyl sites for hydroxylation is 2. The number of piperidine rings is 2. The number of pyridine rings is 2. The summed E-state index contributed by atoms with van der Waals surface area (Å²) in [5.74, 6) is 1.29. The van der Waals surface area contributed by atoms with E-state index in [2.05, 4.69) is 31.5 Å². The first-order chi connectivity index (χ1) is 14.6. The minimum atomic E-state index is -0.0518. The second-order valence-electron chi connectivity index (χ2n) is 8.31. The van der Waals surface area contributed by atoms with Crippen LogP contribution in [0.2, 0.25) is 0 Å². The van der Waals surface area contributed by atoms with Crippen molar-refractivity contribution in [2.24, 2.45) is 5.92 Å². The maximum absolute atomic E-state index is 13.7. The van der Waals surface area contributed by atoms with Gasteiger partial charge >= 0.3 is 0 Å². The van der Waals surface area contributed by atoms with Gasteiger partial charge in [0.1, 0.15) is 11.5 Å². The summed E-state index contributed by atoms with van der Waals surface area (Å²) in [7, 11) is 0. The molecule has 2 bridgehead atoms. The molecule has 3 unspecified atom stereocenters. The third-order valence-electron chi connectivity index (χ3n) is 6.13. The zero-order valence-corrected chi connectivity index (χ0v) is 17.2. The first kappa shape index (κ1) is 18.7. The molecule has 1 N–H and O–H groups in total. The fraction of sp³-hybridized carbons (Fsp3) is 0.409. The molecule has 30 heavy (non-hydrogen) atoms. The highest BCUT2D eigenvalue weighted by molar-refractivity contribution is 5.96. The predicted octanol–water partition coefficient (Wildman–Crippen LogP) is 2.78. The van der Waals surface area contributed by atoms with Crippen LogP contribution in [0.5, 0.6) is 0 Å². The van der Waals surface area contributed by atoms with Crippen LogP contribution in [0.3, 0.4) is 0 Å². The van der Waals surface area contributed by atoms with Crippen LogP contribution in [-0.2, 0) is 0 Å². The predicted molar refractivity (Wildman–Crippen MR) is 112 cm³/mol. The number of rotatable bonds is 4. The number of fused-ring (bicyclic) bond motifs is 3. The third kappa shape index (κ3) is 3.42. The van der Waals surface area contributed by atoms with Gasteiger partial charge in [-0.3, -0.25) is 4.79 Å². The molecule has 1 amide bonds. The van der Waals surface area contributed by atoms with Crippen LogP contribution in [0.15, 0.2) is 42.9 Å². The van der Waals surface area contributed by atoms with Gasteiger partial charge in [0.05, 0.1) is 18.4 Å². The quantitative estimate of drug-likeness (QED) is 0.721. The Balaban J connectivity index is 1.44. The van der Waals surface area contributed by atoms with E-state index < -0.39 is 0 Å². The molecule has 8 nitrogen and oxygen atoms in total. The molecule has 5 heterocycles. The van der Waals surface area contributed by atoms with Gasteiger partial charge in [0.15, 0.2) is 5.69 Å². The molecule has 2 aliphatic heterocycles. The Bertz CT molecular complexity index is 1050. The van der Waals surface area contributed by atoms with Gasteiger partial charge in [-0.25, -0.2) is 9.97 Å². The minimum Gasteiger partial charge on any atom is -0.365 e. The summed E-state index contributed by atoms with van der Waals surface area (Å²) in [5, 5.41) is 12.0. The number of hydrogen-bond donors (Lipinski definition) is 1. The molecule has 154 valence electrons.